The second kappa shape index (κ2) is 9.08. The van der Waals surface area contributed by atoms with Gasteiger partial charge >= 0.3 is 0 Å². The van der Waals surface area contributed by atoms with Crippen LogP contribution in [-0.2, 0) is 6.61 Å². The lowest BCUT2D eigenvalue weighted by Gasteiger charge is -2.34. The van der Waals surface area contributed by atoms with Crippen molar-refractivity contribution in [2.75, 3.05) is 10.6 Å². The average Bonchev–Trinajstić information content (AvgIpc) is 3.29. The first-order valence-corrected chi connectivity index (χ1v) is 10.7. The van der Waals surface area contributed by atoms with Crippen LogP contribution in [0.5, 0.6) is 5.75 Å². The smallest absolute Gasteiger partial charge is 0.119 e. The molecular formula is C27H30N2O. The van der Waals surface area contributed by atoms with E-state index in [2.05, 4.69) is 48.7 Å². The lowest BCUT2D eigenvalue weighted by atomic mass is 10.0. The van der Waals surface area contributed by atoms with Crippen molar-refractivity contribution >= 4 is 17.1 Å². The second-order valence-corrected chi connectivity index (χ2v) is 8.10. The van der Waals surface area contributed by atoms with E-state index in [1.165, 1.54) is 36.9 Å². The number of ether oxygens (including phenoxy) is 1. The number of nitrogen functional groups attached to an aromatic ring is 1. The van der Waals surface area contributed by atoms with Crippen LogP contribution >= 0.6 is 0 Å². The Labute approximate surface area is 179 Å². The molecule has 1 fully saturated rings. The number of nitrogens with zero attached hydrogens (tertiary/aromatic N) is 1. The lowest BCUT2D eigenvalue weighted by molar-refractivity contribution is 0.306. The van der Waals surface area contributed by atoms with Crippen LogP contribution in [-0.4, -0.2) is 6.04 Å². The highest BCUT2D eigenvalue weighted by atomic mass is 16.5. The summed E-state index contributed by atoms with van der Waals surface area (Å²) in [5, 5.41) is 0. The van der Waals surface area contributed by atoms with Gasteiger partial charge in [-0.1, -0.05) is 49.8 Å². The molecule has 0 aromatic heterocycles. The van der Waals surface area contributed by atoms with Crippen LogP contribution in [0, 0.1) is 6.92 Å². The van der Waals surface area contributed by atoms with Crippen molar-refractivity contribution in [3.05, 3.63) is 96.1 Å². The van der Waals surface area contributed by atoms with Crippen LogP contribution in [0.2, 0.25) is 0 Å². The summed E-state index contributed by atoms with van der Waals surface area (Å²) in [4.78, 5) is 2.42. The molecule has 0 atom stereocenters. The first-order valence-electron chi connectivity index (χ1n) is 10.7. The Morgan fingerprint density at radius 3 is 2.37 bits per heavy atom. The molecule has 30 heavy (non-hydrogen) atoms. The minimum absolute atomic E-state index is 0.480. The molecule has 0 radical (unpaired) electrons. The van der Waals surface area contributed by atoms with E-state index in [1.54, 1.807) is 0 Å². The molecule has 0 bridgehead atoms. The molecule has 0 aliphatic heterocycles. The van der Waals surface area contributed by atoms with Gasteiger partial charge in [0.25, 0.3) is 0 Å². The van der Waals surface area contributed by atoms with Crippen LogP contribution in [0.4, 0.5) is 11.4 Å². The van der Waals surface area contributed by atoms with Crippen LogP contribution < -0.4 is 15.4 Å². The fraction of sp³-hybridized carbons (Fsp3) is 0.259. The second-order valence-electron chi connectivity index (χ2n) is 8.10. The summed E-state index contributed by atoms with van der Waals surface area (Å²) in [5.74, 6) is 0.867. The summed E-state index contributed by atoms with van der Waals surface area (Å²) in [5.41, 5.74) is 12.5. The molecule has 1 saturated carbocycles. The Hall–Kier alpha value is -3.20. The van der Waals surface area contributed by atoms with Gasteiger partial charge in [-0.05, 0) is 78.9 Å². The van der Waals surface area contributed by atoms with Crippen LogP contribution in [0.15, 0.2) is 79.4 Å². The molecule has 154 valence electrons. The van der Waals surface area contributed by atoms with Gasteiger partial charge in [0.1, 0.15) is 12.4 Å². The molecule has 3 heteroatoms. The number of rotatable bonds is 7. The summed E-state index contributed by atoms with van der Waals surface area (Å²) in [7, 11) is 0. The molecule has 0 unspecified atom stereocenters. The molecule has 3 nitrogen and oxygen atoms in total. The molecule has 3 aromatic rings. The van der Waals surface area contributed by atoms with Gasteiger partial charge in [-0.15, -0.1) is 0 Å². The van der Waals surface area contributed by atoms with Gasteiger partial charge in [-0.3, -0.25) is 0 Å². The van der Waals surface area contributed by atoms with Crippen molar-refractivity contribution in [1.29, 1.82) is 0 Å². The van der Waals surface area contributed by atoms with Crippen molar-refractivity contribution in [1.82, 2.24) is 0 Å². The number of benzene rings is 3. The van der Waals surface area contributed by atoms with Gasteiger partial charge in [0, 0.05) is 23.1 Å². The first-order chi connectivity index (χ1) is 14.6. The Balaban J connectivity index is 1.53. The number of hydrogen-bond donors (Lipinski definition) is 1. The van der Waals surface area contributed by atoms with Crippen molar-refractivity contribution in [3.8, 4) is 5.75 Å². The molecule has 0 heterocycles. The zero-order chi connectivity index (χ0) is 20.9. The maximum Gasteiger partial charge on any atom is 0.119 e. The summed E-state index contributed by atoms with van der Waals surface area (Å²) in [6.07, 6.45) is 4.94. The van der Waals surface area contributed by atoms with E-state index in [4.69, 9.17) is 10.5 Å². The third kappa shape index (κ3) is 4.51. The van der Waals surface area contributed by atoms with E-state index in [0.717, 1.165) is 28.3 Å². The zero-order valence-electron chi connectivity index (χ0n) is 17.7. The predicted molar refractivity (Wildman–Crippen MR) is 127 cm³/mol. The molecule has 1 aliphatic carbocycles. The van der Waals surface area contributed by atoms with Crippen molar-refractivity contribution in [2.45, 2.75) is 45.3 Å². The van der Waals surface area contributed by atoms with E-state index in [-0.39, 0.29) is 0 Å². The maximum absolute atomic E-state index is 6.00. The fourth-order valence-electron chi connectivity index (χ4n) is 4.30. The quantitative estimate of drug-likeness (QED) is 0.457. The highest BCUT2D eigenvalue weighted by molar-refractivity contribution is 5.81. The summed E-state index contributed by atoms with van der Waals surface area (Å²) < 4.78 is 5.95. The minimum atomic E-state index is 0.480. The van der Waals surface area contributed by atoms with Gasteiger partial charge < -0.3 is 15.4 Å². The third-order valence-electron chi connectivity index (χ3n) is 5.90. The van der Waals surface area contributed by atoms with E-state index < -0.39 is 0 Å². The van der Waals surface area contributed by atoms with Crippen LogP contribution in [0.25, 0.3) is 5.70 Å². The number of anilines is 2. The predicted octanol–water partition coefficient (Wildman–Crippen LogP) is 6.58. The molecule has 0 spiro atoms. The van der Waals surface area contributed by atoms with Crippen LogP contribution in [0.3, 0.4) is 0 Å². The van der Waals surface area contributed by atoms with E-state index in [9.17, 15) is 0 Å². The molecule has 0 saturated heterocycles. The average molecular weight is 399 g/mol. The topological polar surface area (TPSA) is 38.5 Å². The monoisotopic (exact) mass is 398 g/mol. The molecule has 0 amide bonds. The van der Waals surface area contributed by atoms with Gasteiger partial charge in [-0.2, -0.15) is 0 Å². The van der Waals surface area contributed by atoms with Gasteiger partial charge in [-0.25, -0.2) is 0 Å². The number of hydrogen-bond acceptors (Lipinski definition) is 3. The van der Waals surface area contributed by atoms with E-state index in [0.29, 0.717) is 12.6 Å². The Kier molecular flexibility index (Phi) is 6.08. The SMILES string of the molecule is C=C(c1ccc(OCc2ccccc2)cc1)N(c1ccc(N)cc1C)C1CCCC1. The highest BCUT2D eigenvalue weighted by Crippen LogP contribution is 2.37. The van der Waals surface area contributed by atoms with Crippen LogP contribution in [0.1, 0.15) is 42.4 Å². The standard InChI is InChI=1S/C27H30N2O/c1-20-18-24(28)14-17-27(20)29(25-10-6-7-11-25)21(2)23-12-15-26(16-13-23)30-19-22-8-4-3-5-9-22/h3-5,8-9,12-18,25H,2,6-7,10-11,19,28H2,1H3. The van der Waals surface area contributed by atoms with Crippen molar-refractivity contribution in [3.63, 3.8) is 0 Å². The Morgan fingerprint density at radius 2 is 1.70 bits per heavy atom. The van der Waals surface area contributed by atoms with Gasteiger partial charge in [0.05, 0.1) is 0 Å². The van der Waals surface area contributed by atoms with Crippen molar-refractivity contribution < 1.29 is 4.74 Å². The number of nitrogens with two attached hydrogens (primary N) is 1. The van der Waals surface area contributed by atoms with E-state index in [1.807, 2.05) is 42.5 Å². The number of aryl methyl sites for hydroxylation is 1. The maximum atomic E-state index is 6.00. The first kappa shape index (κ1) is 20.1. The fourth-order valence-corrected chi connectivity index (χ4v) is 4.30. The largest absolute Gasteiger partial charge is 0.489 e. The molecule has 4 rings (SSSR count). The minimum Gasteiger partial charge on any atom is -0.489 e. The molecule has 1 aliphatic rings. The molecule has 2 N–H and O–H groups in total. The highest BCUT2D eigenvalue weighted by Gasteiger charge is 2.26. The normalized spacial score (nSPS) is 13.9. The lowest BCUT2D eigenvalue weighted by Crippen LogP contribution is -2.32. The summed E-state index contributed by atoms with van der Waals surface area (Å²) >= 11 is 0. The third-order valence-corrected chi connectivity index (χ3v) is 5.90. The Bertz CT molecular complexity index is 989. The zero-order valence-corrected chi connectivity index (χ0v) is 17.7. The molecule has 3 aromatic carbocycles. The molecular weight excluding hydrogens is 368 g/mol. The summed E-state index contributed by atoms with van der Waals surface area (Å²) in [6.45, 7) is 7.18. The van der Waals surface area contributed by atoms with Gasteiger partial charge in [0.2, 0.25) is 0 Å². The van der Waals surface area contributed by atoms with E-state index >= 15 is 0 Å². The Morgan fingerprint density at radius 1 is 1.00 bits per heavy atom. The van der Waals surface area contributed by atoms with Gasteiger partial charge in [0.15, 0.2) is 0 Å². The summed E-state index contributed by atoms with van der Waals surface area (Å²) in [6, 6.07) is 25.2. The van der Waals surface area contributed by atoms with Crippen molar-refractivity contribution in [2.24, 2.45) is 0 Å².